The molecule has 0 aliphatic carbocycles. The molecular formula is C14H21FN2O2S. The molecule has 0 bridgehead atoms. The molecule has 1 unspecified atom stereocenters. The normalized spacial score (nSPS) is 21.1. The van der Waals surface area contributed by atoms with Crippen LogP contribution in [0.3, 0.4) is 0 Å². The topological polar surface area (TPSA) is 49.4 Å². The van der Waals surface area contributed by atoms with Gasteiger partial charge in [0.05, 0.1) is 17.2 Å². The zero-order chi connectivity index (χ0) is 14.9. The molecule has 1 aromatic rings. The van der Waals surface area contributed by atoms with Crippen LogP contribution in [-0.4, -0.2) is 39.1 Å². The van der Waals surface area contributed by atoms with Crippen LogP contribution in [0.5, 0.6) is 0 Å². The summed E-state index contributed by atoms with van der Waals surface area (Å²) >= 11 is 0. The van der Waals surface area contributed by atoms with Gasteiger partial charge < -0.3 is 10.2 Å². The van der Waals surface area contributed by atoms with Crippen molar-refractivity contribution >= 4 is 21.2 Å². The number of nitrogens with one attached hydrogen (secondary N) is 1. The highest BCUT2D eigenvalue weighted by Gasteiger charge is 2.27. The third kappa shape index (κ3) is 3.42. The summed E-state index contributed by atoms with van der Waals surface area (Å²) in [6, 6.07) is 5.04. The largest absolute Gasteiger partial charge is 0.381 e. The predicted molar refractivity (Wildman–Crippen MR) is 80.6 cm³/mol. The summed E-state index contributed by atoms with van der Waals surface area (Å²) in [6.07, 6.45) is 0.581. The summed E-state index contributed by atoms with van der Waals surface area (Å²) < 4.78 is 36.9. The molecule has 1 atom stereocenters. The Bertz CT molecular complexity index is 587. The van der Waals surface area contributed by atoms with Gasteiger partial charge in [-0.1, -0.05) is 0 Å². The number of hydrogen-bond acceptors (Lipinski definition) is 4. The van der Waals surface area contributed by atoms with Crippen LogP contribution < -0.4 is 10.2 Å². The predicted octanol–water partition coefficient (Wildman–Crippen LogP) is 2.27. The first-order valence-corrected chi connectivity index (χ1v) is 8.60. The molecule has 1 saturated heterocycles. The van der Waals surface area contributed by atoms with Gasteiger partial charge in [-0.15, -0.1) is 0 Å². The molecule has 0 spiro atoms. The molecule has 0 saturated carbocycles. The average Bonchev–Trinajstić information content (AvgIpc) is 2.68. The lowest BCUT2D eigenvalue weighted by Crippen LogP contribution is -2.26. The van der Waals surface area contributed by atoms with Crippen molar-refractivity contribution < 1.29 is 12.8 Å². The quantitative estimate of drug-likeness (QED) is 0.927. The maximum atomic E-state index is 14.1. The molecule has 2 rings (SSSR count). The molecule has 4 nitrogen and oxygen atoms in total. The molecule has 112 valence electrons. The second-order valence-electron chi connectivity index (χ2n) is 5.62. The van der Waals surface area contributed by atoms with Gasteiger partial charge in [0.2, 0.25) is 0 Å². The Kier molecular flexibility index (Phi) is 4.22. The van der Waals surface area contributed by atoms with Crippen molar-refractivity contribution in [1.29, 1.82) is 0 Å². The summed E-state index contributed by atoms with van der Waals surface area (Å²) in [6.45, 7) is 3.99. The Morgan fingerprint density at radius 1 is 1.40 bits per heavy atom. The van der Waals surface area contributed by atoms with Gasteiger partial charge in [0.1, 0.15) is 5.82 Å². The summed E-state index contributed by atoms with van der Waals surface area (Å²) in [5, 5.41) is 3.09. The van der Waals surface area contributed by atoms with Crippen LogP contribution >= 0.6 is 0 Å². The zero-order valence-corrected chi connectivity index (χ0v) is 12.9. The third-order valence-corrected chi connectivity index (χ3v) is 5.47. The van der Waals surface area contributed by atoms with Crippen molar-refractivity contribution in [2.45, 2.75) is 32.4 Å². The van der Waals surface area contributed by atoms with Gasteiger partial charge in [0.15, 0.2) is 9.84 Å². The van der Waals surface area contributed by atoms with E-state index >= 15 is 0 Å². The lowest BCUT2D eigenvalue weighted by Gasteiger charge is -2.24. The van der Waals surface area contributed by atoms with Gasteiger partial charge in [-0.05, 0) is 38.5 Å². The number of rotatable bonds is 4. The summed E-state index contributed by atoms with van der Waals surface area (Å²) in [5.41, 5.74) is 1.18. The molecule has 1 aromatic carbocycles. The molecule has 6 heteroatoms. The number of sulfone groups is 1. The highest BCUT2D eigenvalue weighted by molar-refractivity contribution is 7.91. The Morgan fingerprint density at radius 3 is 2.60 bits per heavy atom. The fraction of sp³-hybridized carbons (Fsp3) is 0.571. The first kappa shape index (κ1) is 15.1. The monoisotopic (exact) mass is 300 g/mol. The first-order valence-electron chi connectivity index (χ1n) is 6.78. The molecule has 0 aromatic heterocycles. The van der Waals surface area contributed by atoms with E-state index in [4.69, 9.17) is 0 Å². The first-order chi connectivity index (χ1) is 9.28. The zero-order valence-electron chi connectivity index (χ0n) is 12.1. The van der Waals surface area contributed by atoms with E-state index in [1.807, 2.05) is 25.8 Å². The standard InChI is InChI=1S/C14H21FN2O2S/c1-10(2)17(3)14-5-4-11(8-13(14)15)16-12-6-7-20(18,19)9-12/h4-5,8,10,12,16H,6-7,9H2,1-3H3. The Balaban J connectivity index is 2.10. The van der Waals surface area contributed by atoms with Crippen LogP contribution in [0.4, 0.5) is 15.8 Å². The Labute approximate surface area is 119 Å². The fourth-order valence-corrected chi connectivity index (χ4v) is 3.98. The van der Waals surface area contributed by atoms with Crippen LogP contribution in [0.2, 0.25) is 0 Å². The Morgan fingerprint density at radius 2 is 2.10 bits per heavy atom. The van der Waals surface area contributed by atoms with E-state index < -0.39 is 9.84 Å². The summed E-state index contributed by atoms with van der Waals surface area (Å²) in [4.78, 5) is 1.86. The van der Waals surface area contributed by atoms with Gasteiger partial charge in [-0.25, -0.2) is 12.8 Å². The van der Waals surface area contributed by atoms with Crippen LogP contribution in [0, 0.1) is 5.82 Å². The second-order valence-corrected chi connectivity index (χ2v) is 7.84. The number of anilines is 2. The number of hydrogen-bond donors (Lipinski definition) is 1. The molecule has 1 heterocycles. The minimum absolute atomic E-state index is 0.118. The van der Waals surface area contributed by atoms with Gasteiger partial charge in [-0.2, -0.15) is 0 Å². The van der Waals surface area contributed by atoms with E-state index in [0.29, 0.717) is 17.8 Å². The lowest BCUT2D eigenvalue weighted by molar-refractivity contribution is 0.602. The van der Waals surface area contributed by atoms with E-state index in [0.717, 1.165) is 0 Å². The van der Waals surface area contributed by atoms with Crippen molar-refractivity contribution in [1.82, 2.24) is 0 Å². The molecule has 20 heavy (non-hydrogen) atoms. The van der Waals surface area contributed by atoms with Crippen molar-refractivity contribution in [2.24, 2.45) is 0 Å². The number of nitrogens with zero attached hydrogens (tertiary/aromatic N) is 1. The summed E-state index contributed by atoms with van der Waals surface area (Å²) in [7, 11) is -1.08. The number of benzene rings is 1. The van der Waals surface area contributed by atoms with E-state index in [1.54, 1.807) is 12.1 Å². The molecule has 1 aliphatic rings. The van der Waals surface area contributed by atoms with E-state index in [1.165, 1.54) is 6.07 Å². The van der Waals surface area contributed by atoms with E-state index in [9.17, 15) is 12.8 Å². The molecule has 0 radical (unpaired) electrons. The van der Waals surface area contributed by atoms with Crippen molar-refractivity contribution in [3.05, 3.63) is 24.0 Å². The van der Waals surface area contributed by atoms with Gasteiger partial charge >= 0.3 is 0 Å². The molecule has 1 aliphatic heterocycles. The minimum atomic E-state index is -2.92. The molecule has 1 fully saturated rings. The third-order valence-electron chi connectivity index (χ3n) is 3.71. The number of halogens is 1. The smallest absolute Gasteiger partial charge is 0.152 e. The minimum Gasteiger partial charge on any atom is -0.381 e. The van der Waals surface area contributed by atoms with Crippen molar-refractivity contribution in [3.8, 4) is 0 Å². The van der Waals surface area contributed by atoms with Gasteiger partial charge in [0, 0.05) is 24.8 Å². The van der Waals surface area contributed by atoms with Crippen LogP contribution in [0.1, 0.15) is 20.3 Å². The molecule has 1 N–H and O–H groups in total. The van der Waals surface area contributed by atoms with E-state index in [-0.39, 0.29) is 29.4 Å². The molecular weight excluding hydrogens is 279 g/mol. The molecule has 0 amide bonds. The summed E-state index contributed by atoms with van der Waals surface area (Å²) in [5.74, 6) is 0.0379. The highest BCUT2D eigenvalue weighted by Crippen LogP contribution is 2.25. The Hall–Kier alpha value is -1.30. The van der Waals surface area contributed by atoms with Crippen LogP contribution in [0.25, 0.3) is 0 Å². The maximum absolute atomic E-state index is 14.1. The highest BCUT2D eigenvalue weighted by atomic mass is 32.2. The average molecular weight is 300 g/mol. The van der Waals surface area contributed by atoms with Gasteiger partial charge in [0.25, 0.3) is 0 Å². The maximum Gasteiger partial charge on any atom is 0.152 e. The van der Waals surface area contributed by atoms with Crippen LogP contribution in [-0.2, 0) is 9.84 Å². The fourth-order valence-electron chi connectivity index (χ4n) is 2.31. The van der Waals surface area contributed by atoms with E-state index in [2.05, 4.69) is 5.32 Å². The second kappa shape index (κ2) is 5.60. The van der Waals surface area contributed by atoms with Crippen molar-refractivity contribution in [2.75, 3.05) is 28.8 Å². The van der Waals surface area contributed by atoms with Crippen LogP contribution in [0.15, 0.2) is 18.2 Å². The van der Waals surface area contributed by atoms with Crippen molar-refractivity contribution in [3.63, 3.8) is 0 Å². The van der Waals surface area contributed by atoms with Gasteiger partial charge in [-0.3, -0.25) is 0 Å². The lowest BCUT2D eigenvalue weighted by atomic mass is 10.2. The SMILES string of the molecule is CC(C)N(C)c1ccc(NC2CCS(=O)(=O)C2)cc1F.